The summed E-state index contributed by atoms with van der Waals surface area (Å²) in [6, 6.07) is 8.28. The van der Waals surface area contributed by atoms with Crippen LogP contribution in [0.4, 0.5) is 0 Å². The minimum Gasteiger partial charge on any atom is -0.492 e. The fraction of sp³-hybridized carbons (Fsp3) is 0.611. The van der Waals surface area contributed by atoms with Gasteiger partial charge in [-0.15, -0.1) is 24.8 Å². The van der Waals surface area contributed by atoms with Gasteiger partial charge in [0.25, 0.3) is 0 Å². The van der Waals surface area contributed by atoms with Gasteiger partial charge in [-0.25, -0.2) is 0 Å². The molecule has 2 aliphatic heterocycles. The molecule has 1 amide bonds. The highest BCUT2D eigenvalue weighted by Gasteiger charge is 2.26. The lowest BCUT2D eigenvalue weighted by Gasteiger charge is -2.32. The van der Waals surface area contributed by atoms with Crippen LogP contribution in [-0.4, -0.2) is 55.7 Å². The van der Waals surface area contributed by atoms with E-state index in [-0.39, 0.29) is 36.8 Å². The van der Waals surface area contributed by atoms with E-state index in [1.165, 1.54) is 0 Å². The first-order valence-corrected chi connectivity index (χ1v) is 9.64. The number of hydrogen-bond donors (Lipinski definition) is 2. The van der Waals surface area contributed by atoms with Crippen molar-refractivity contribution in [3.63, 3.8) is 0 Å². The van der Waals surface area contributed by atoms with Gasteiger partial charge in [-0.05, 0) is 56.5 Å². The van der Waals surface area contributed by atoms with E-state index in [0.29, 0.717) is 12.6 Å². The Bertz CT molecular complexity index is 534. The first kappa shape index (κ1) is 23.5. The third kappa shape index (κ3) is 7.24. The Morgan fingerprint density at radius 1 is 1.19 bits per heavy atom. The predicted molar refractivity (Wildman–Crippen MR) is 113 cm³/mol. The molecule has 1 atom stereocenters. The van der Waals surface area contributed by atoms with Crippen LogP contribution in [0.2, 0.25) is 0 Å². The van der Waals surface area contributed by atoms with Crippen LogP contribution < -0.4 is 15.4 Å². The first-order valence-electron chi connectivity index (χ1n) is 8.85. The Balaban J connectivity index is 0.00000169. The maximum atomic E-state index is 12.1. The second-order valence-electron chi connectivity index (χ2n) is 6.58. The summed E-state index contributed by atoms with van der Waals surface area (Å²) in [7, 11) is 0. The van der Waals surface area contributed by atoms with Crippen molar-refractivity contribution in [1.29, 1.82) is 0 Å². The Kier molecular flexibility index (Phi) is 10.9. The van der Waals surface area contributed by atoms with Crippen molar-refractivity contribution >= 4 is 46.7 Å². The molecule has 3 rings (SSSR count). The number of hydrogen-bond acceptors (Lipinski definition) is 4. The predicted octanol–water partition coefficient (Wildman–Crippen LogP) is 3.00. The van der Waals surface area contributed by atoms with E-state index in [0.717, 1.165) is 62.1 Å². The minimum absolute atomic E-state index is 0. The van der Waals surface area contributed by atoms with Gasteiger partial charge in [0.15, 0.2) is 0 Å². The molecule has 26 heavy (non-hydrogen) atoms. The van der Waals surface area contributed by atoms with Crippen LogP contribution in [0.1, 0.15) is 25.7 Å². The van der Waals surface area contributed by atoms with Crippen LogP contribution in [0, 0.1) is 0 Å². The van der Waals surface area contributed by atoms with Gasteiger partial charge in [0.2, 0.25) is 5.91 Å². The largest absolute Gasteiger partial charge is 0.492 e. The highest BCUT2D eigenvalue weighted by Crippen LogP contribution is 2.16. The molecule has 0 aliphatic carbocycles. The number of nitrogens with zero attached hydrogens (tertiary/aromatic N) is 1. The van der Waals surface area contributed by atoms with E-state index >= 15 is 0 Å². The molecule has 1 aromatic rings. The second kappa shape index (κ2) is 12.0. The number of carbonyl (C=O) groups is 1. The Morgan fingerprint density at radius 2 is 1.88 bits per heavy atom. The molecule has 2 N–H and O–H groups in total. The van der Waals surface area contributed by atoms with Gasteiger partial charge in [0.1, 0.15) is 12.4 Å². The van der Waals surface area contributed by atoms with E-state index in [2.05, 4.69) is 31.5 Å². The summed E-state index contributed by atoms with van der Waals surface area (Å²) in [4.78, 5) is 14.5. The standard InChI is InChI=1S/C18H26BrN3O2.2ClH/c19-14-3-5-16(6-4-14)24-13-12-22-10-7-15(8-11-22)21-18(23)17-2-1-9-20-17;;/h3-6,15,17,20H,1-2,7-13H2,(H,21,23);2*1H/t17-;;/m0../s1. The molecule has 8 heteroatoms. The maximum Gasteiger partial charge on any atom is 0.237 e. The molecule has 148 valence electrons. The summed E-state index contributed by atoms with van der Waals surface area (Å²) < 4.78 is 6.84. The number of likely N-dealkylation sites (tertiary alicyclic amines) is 1. The smallest absolute Gasteiger partial charge is 0.237 e. The van der Waals surface area contributed by atoms with Crippen molar-refractivity contribution in [2.45, 2.75) is 37.8 Å². The topological polar surface area (TPSA) is 53.6 Å². The van der Waals surface area contributed by atoms with Crippen molar-refractivity contribution in [2.75, 3.05) is 32.8 Å². The number of amides is 1. The van der Waals surface area contributed by atoms with E-state index in [1.54, 1.807) is 0 Å². The van der Waals surface area contributed by atoms with E-state index < -0.39 is 0 Å². The van der Waals surface area contributed by atoms with Crippen LogP contribution >= 0.6 is 40.7 Å². The molecular formula is C18H28BrCl2N3O2. The van der Waals surface area contributed by atoms with Crippen LogP contribution in [0.5, 0.6) is 5.75 Å². The van der Waals surface area contributed by atoms with Crippen molar-refractivity contribution in [3.8, 4) is 5.75 Å². The lowest BCUT2D eigenvalue weighted by atomic mass is 10.0. The van der Waals surface area contributed by atoms with E-state index in [9.17, 15) is 4.79 Å². The SMILES string of the molecule is Cl.Cl.O=C(NC1CCN(CCOc2ccc(Br)cc2)CC1)[C@@H]1CCCN1. The quantitative estimate of drug-likeness (QED) is 0.673. The minimum atomic E-state index is 0. The molecular weight excluding hydrogens is 441 g/mol. The van der Waals surface area contributed by atoms with Gasteiger partial charge in [-0.1, -0.05) is 15.9 Å². The molecule has 1 aromatic carbocycles. The fourth-order valence-corrected chi connectivity index (χ4v) is 3.60. The Morgan fingerprint density at radius 3 is 2.50 bits per heavy atom. The number of piperidine rings is 1. The molecule has 5 nitrogen and oxygen atoms in total. The van der Waals surface area contributed by atoms with Gasteiger partial charge in [0.05, 0.1) is 6.04 Å². The second-order valence-corrected chi connectivity index (χ2v) is 7.49. The van der Waals surface area contributed by atoms with E-state index in [1.807, 2.05) is 24.3 Å². The van der Waals surface area contributed by atoms with Crippen molar-refractivity contribution in [1.82, 2.24) is 15.5 Å². The lowest BCUT2D eigenvalue weighted by Crippen LogP contribution is -2.49. The molecule has 2 aliphatic rings. The van der Waals surface area contributed by atoms with Gasteiger partial charge in [-0.2, -0.15) is 0 Å². The molecule has 0 radical (unpaired) electrons. The highest BCUT2D eigenvalue weighted by molar-refractivity contribution is 9.10. The third-order valence-electron chi connectivity index (χ3n) is 4.80. The monoisotopic (exact) mass is 467 g/mol. The lowest BCUT2D eigenvalue weighted by molar-refractivity contribution is -0.123. The van der Waals surface area contributed by atoms with Gasteiger partial charge >= 0.3 is 0 Å². The normalized spacial score (nSPS) is 20.7. The number of nitrogens with one attached hydrogen (secondary N) is 2. The van der Waals surface area contributed by atoms with Crippen LogP contribution in [0.15, 0.2) is 28.7 Å². The molecule has 0 bridgehead atoms. The average Bonchev–Trinajstić information content (AvgIpc) is 3.13. The summed E-state index contributed by atoms with van der Waals surface area (Å²) >= 11 is 3.42. The number of ether oxygens (including phenoxy) is 1. The van der Waals surface area contributed by atoms with Crippen LogP contribution in [0.3, 0.4) is 0 Å². The van der Waals surface area contributed by atoms with Crippen LogP contribution in [-0.2, 0) is 4.79 Å². The zero-order valence-corrected chi connectivity index (χ0v) is 18.0. The first-order chi connectivity index (χ1) is 11.7. The Labute approximate surface area is 176 Å². The third-order valence-corrected chi connectivity index (χ3v) is 5.33. The van der Waals surface area contributed by atoms with Crippen molar-refractivity contribution < 1.29 is 9.53 Å². The summed E-state index contributed by atoms with van der Waals surface area (Å²) in [6.07, 6.45) is 4.13. The van der Waals surface area contributed by atoms with Crippen LogP contribution in [0.25, 0.3) is 0 Å². The molecule has 2 fully saturated rings. The van der Waals surface area contributed by atoms with Crippen molar-refractivity contribution in [2.24, 2.45) is 0 Å². The number of rotatable bonds is 6. The Hall–Kier alpha value is -0.530. The molecule has 0 aromatic heterocycles. The maximum absolute atomic E-state index is 12.1. The fourth-order valence-electron chi connectivity index (χ4n) is 3.33. The summed E-state index contributed by atoms with van der Waals surface area (Å²) in [5.41, 5.74) is 0. The average molecular weight is 469 g/mol. The van der Waals surface area contributed by atoms with E-state index in [4.69, 9.17) is 4.74 Å². The molecule has 0 unspecified atom stereocenters. The van der Waals surface area contributed by atoms with Crippen molar-refractivity contribution in [3.05, 3.63) is 28.7 Å². The molecule has 2 heterocycles. The zero-order chi connectivity index (χ0) is 16.8. The van der Waals surface area contributed by atoms with Gasteiger partial charge in [0, 0.05) is 30.1 Å². The molecule has 2 saturated heterocycles. The van der Waals surface area contributed by atoms with Gasteiger partial charge in [-0.3, -0.25) is 9.69 Å². The summed E-state index contributed by atoms with van der Waals surface area (Å²) in [6.45, 7) is 4.64. The number of carbonyl (C=O) groups excluding carboxylic acids is 1. The zero-order valence-electron chi connectivity index (χ0n) is 14.8. The summed E-state index contributed by atoms with van der Waals surface area (Å²) in [5, 5.41) is 6.46. The molecule has 0 spiro atoms. The highest BCUT2D eigenvalue weighted by atomic mass is 79.9. The number of halogens is 3. The summed E-state index contributed by atoms with van der Waals surface area (Å²) in [5.74, 6) is 1.09. The van der Waals surface area contributed by atoms with Gasteiger partial charge < -0.3 is 15.4 Å². The number of benzene rings is 1. The molecule has 0 saturated carbocycles.